The molecule has 1 aromatic carbocycles. The number of hydrogen-bond donors (Lipinski definition) is 1. The number of anilines is 2. The van der Waals surface area contributed by atoms with E-state index in [2.05, 4.69) is 15.5 Å². The first-order valence-corrected chi connectivity index (χ1v) is 8.46. The van der Waals surface area contributed by atoms with Crippen LogP contribution in [0.3, 0.4) is 0 Å². The topological polar surface area (TPSA) is 75.2 Å². The second kappa shape index (κ2) is 6.64. The molecule has 0 unspecified atom stereocenters. The Morgan fingerprint density at radius 3 is 2.79 bits per heavy atom. The third kappa shape index (κ3) is 3.28. The normalized spacial score (nSPS) is 17.6. The first-order chi connectivity index (χ1) is 11.5. The first kappa shape index (κ1) is 16.5. The summed E-state index contributed by atoms with van der Waals surface area (Å²) < 4.78 is 13.9. The zero-order valence-corrected chi connectivity index (χ0v) is 14.1. The molecule has 1 aliphatic rings. The molecule has 2 heterocycles. The Morgan fingerprint density at radius 1 is 1.38 bits per heavy atom. The van der Waals surface area contributed by atoms with Crippen LogP contribution in [0.15, 0.2) is 24.3 Å². The lowest BCUT2D eigenvalue weighted by Gasteiger charge is -2.17. The predicted octanol–water partition coefficient (Wildman–Crippen LogP) is 2.79. The van der Waals surface area contributed by atoms with Gasteiger partial charge in [0.2, 0.25) is 16.9 Å². The Hall–Kier alpha value is -2.35. The van der Waals surface area contributed by atoms with Gasteiger partial charge in [-0.05, 0) is 12.1 Å². The van der Waals surface area contributed by atoms with Crippen molar-refractivity contribution in [2.24, 2.45) is 5.92 Å². The SMILES string of the molecule is CC(C)c1nnc(NC(=O)[C@@H]2CC(=O)N(c3ccccc3F)C2)s1. The summed E-state index contributed by atoms with van der Waals surface area (Å²) in [5, 5.41) is 11.9. The van der Waals surface area contributed by atoms with Gasteiger partial charge in [-0.1, -0.05) is 37.3 Å². The summed E-state index contributed by atoms with van der Waals surface area (Å²) in [7, 11) is 0. The van der Waals surface area contributed by atoms with Gasteiger partial charge >= 0.3 is 0 Å². The molecule has 6 nitrogen and oxygen atoms in total. The summed E-state index contributed by atoms with van der Waals surface area (Å²) in [5.74, 6) is -1.34. The summed E-state index contributed by atoms with van der Waals surface area (Å²) in [6.45, 7) is 4.14. The van der Waals surface area contributed by atoms with Crippen molar-refractivity contribution < 1.29 is 14.0 Å². The molecule has 0 spiro atoms. The van der Waals surface area contributed by atoms with Gasteiger partial charge < -0.3 is 10.2 Å². The average molecular weight is 348 g/mol. The zero-order valence-electron chi connectivity index (χ0n) is 13.3. The number of rotatable bonds is 4. The molecule has 1 fully saturated rings. The number of para-hydroxylation sites is 1. The van der Waals surface area contributed by atoms with Crippen molar-refractivity contribution in [1.29, 1.82) is 0 Å². The molecule has 1 N–H and O–H groups in total. The van der Waals surface area contributed by atoms with E-state index in [4.69, 9.17) is 0 Å². The summed E-state index contributed by atoms with van der Waals surface area (Å²) in [6.07, 6.45) is 0.0516. The number of amides is 2. The average Bonchev–Trinajstić information content (AvgIpc) is 3.15. The van der Waals surface area contributed by atoms with E-state index in [1.807, 2.05) is 13.8 Å². The van der Waals surface area contributed by atoms with Gasteiger partial charge in [-0.25, -0.2) is 4.39 Å². The number of aromatic nitrogens is 2. The van der Waals surface area contributed by atoms with Crippen LogP contribution in [0, 0.1) is 11.7 Å². The fraction of sp³-hybridized carbons (Fsp3) is 0.375. The van der Waals surface area contributed by atoms with E-state index in [0.29, 0.717) is 5.13 Å². The Labute approximate surface area is 142 Å². The Balaban J connectivity index is 1.68. The third-order valence-corrected chi connectivity index (χ3v) is 4.94. The van der Waals surface area contributed by atoms with E-state index < -0.39 is 11.7 Å². The second-order valence-corrected chi connectivity index (χ2v) is 6.96. The molecule has 0 radical (unpaired) electrons. The maximum Gasteiger partial charge on any atom is 0.231 e. The minimum Gasteiger partial charge on any atom is -0.309 e. The van der Waals surface area contributed by atoms with Crippen LogP contribution in [-0.2, 0) is 9.59 Å². The van der Waals surface area contributed by atoms with Crippen LogP contribution in [0.2, 0.25) is 0 Å². The first-order valence-electron chi connectivity index (χ1n) is 7.65. The smallest absolute Gasteiger partial charge is 0.231 e. The molecule has 0 bridgehead atoms. The molecule has 0 saturated carbocycles. The number of benzene rings is 1. The molecule has 24 heavy (non-hydrogen) atoms. The summed E-state index contributed by atoms with van der Waals surface area (Å²) in [4.78, 5) is 25.8. The van der Waals surface area contributed by atoms with Crippen LogP contribution in [0.5, 0.6) is 0 Å². The van der Waals surface area contributed by atoms with Gasteiger partial charge in [0.05, 0.1) is 11.6 Å². The number of halogens is 1. The predicted molar refractivity (Wildman–Crippen MR) is 89.5 cm³/mol. The highest BCUT2D eigenvalue weighted by atomic mass is 32.1. The van der Waals surface area contributed by atoms with Gasteiger partial charge in [-0.3, -0.25) is 9.59 Å². The van der Waals surface area contributed by atoms with Gasteiger partial charge in [-0.2, -0.15) is 0 Å². The van der Waals surface area contributed by atoms with Gasteiger partial charge in [0.15, 0.2) is 0 Å². The molecule has 8 heteroatoms. The summed E-state index contributed by atoms with van der Waals surface area (Å²) in [6, 6.07) is 6.05. The molecule has 1 saturated heterocycles. The minimum atomic E-state index is -0.538. The van der Waals surface area contributed by atoms with Gasteiger partial charge in [0.1, 0.15) is 10.8 Å². The largest absolute Gasteiger partial charge is 0.309 e. The molecular weight excluding hydrogens is 331 g/mol. The van der Waals surface area contributed by atoms with E-state index in [1.165, 1.54) is 28.4 Å². The summed E-state index contributed by atoms with van der Waals surface area (Å²) >= 11 is 1.32. The second-order valence-electron chi connectivity index (χ2n) is 5.95. The van der Waals surface area contributed by atoms with Crippen molar-refractivity contribution in [1.82, 2.24) is 10.2 Å². The van der Waals surface area contributed by atoms with Crippen molar-refractivity contribution in [3.63, 3.8) is 0 Å². The number of nitrogens with one attached hydrogen (secondary N) is 1. The lowest BCUT2D eigenvalue weighted by Crippen LogP contribution is -2.28. The Kier molecular flexibility index (Phi) is 4.57. The molecule has 2 aromatic rings. The van der Waals surface area contributed by atoms with Crippen LogP contribution < -0.4 is 10.2 Å². The van der Waals surface area contributed by atoms with Crippen molar-refractivity contribution in [3.8, 4) is 0 Å². The quantitative estimate of drug-likeness (QED) is 0.922. The minimum absolute atomic E-state index is 0.0516. The number of hydrogen-bond acceptors (Lipinski definition) is 5. The van der Waals surface area contributed by atoms with E-state index in [9.17, 15) is 14.0 Å². The van der Waals surface area contributed by atoms with E-state index >= 15 is 0 Å². The van der Waals surface area contributed by atoms with E-state index in [-0.39, 0.29) is 36.4 Å². The Bertz CT molecular complexity index is 777. The third-order valence-electron chi connectivity index (χ3n) is 3.80. The van der Waals surface area contributed by atoms with Gasteiger partial charge in [0.25, 0.3) is 0 Å². The fourth-order valence-electron chi connectivity index (χ4n) is 2.51. The van der Waals surface area contributed by atoms with Crippen LogP contribution in [0.25, 0.3) is 0 Å². The van der Waals surface area contributed by atoms with E-state index in [1.54, 1.807) is 12.1 Å². The molecular formula is C16H17FN4O2S. The number of carbonyl (C=O) groups excluding carboxylic acids is 2. The monoisotopic (exact) mass is 348 g/mol. The van der Waals surface area contributed by atoms with Gasteiger partial charge in [0, 0.05) is 18.9 Å². The molecule has 1 aromatic heterocycles. The van der Waals surface area contributed by atoms with Crippen LogP contribution in [0.4, 0.5) is 15.2 Å². The molecule has 1 atom stereocenters. The Morgan fingerprint density at radius 2 is 2.12 bits per heavy atom. The van der Waals surface area contributed by atoms with Crippen LogP contribution in [-0.4, -0.2) is 28.6 Å². The van der Waals surface area contributed by atoms with Crippen LogP contribution >= 0.6 is 11.3 Å². The highest BCUT2D eigenvalue weighted by molar-refractivity contribution is 7.15. The number of nitrogens with zero attached hydrogens (tertiary/aromatic N) is 3. The molecule has 1 aliphatic heterocycles. The molecule has 126 valence electrons. The van der Waals surface area contributed by atoms with Gasteiger partial charge in [-0.15, -0.1) is 10.2 Å². The summed E-state index contributed by atoms with van der Waals surface area (Å²) in [5.41, 5.74) is 0.204. The van der Waals surface area contributed by atoms with Crippen LogP contribution in [0.1, 0.15) is 31.2 Å². The number of carbonyl (C=O) groups is 2. The maximum absolute atomic E-state index is 13.9. The lowest BCUT2D eigenvalue weighted by molar-refractivity contribution is -0.122. The van der Waals surface area contributed by atoms with Crippen molar-refractivity contribution in [2.75, 3.05) is 16.8 Å². The maximum atomic E-state index is 13.9. The highest BCUT2D eigenvalue weighted by Crippen LogP contribution is 2.29. The van der Waals surface area contributed by atoms with Crippen molar-refractivity contribution >= 4 is 34.0 Å². The lowest BCUT2D eigenvalue weighted by atomic mass is 10.1. The van der Waals surface area contributed by atoms with Crippen molar-refractivity contribution in [2.45, 2.75) is 26.2 Å². The molecule has 0 aliphatic carbocycles. The zero-order chi connectivity index (χ0) is 17.3. The standard InChI is InChI=1S/C16H17FN4O2S/c1-9(2)15-19-20-16(24-15)18-14(23)10-7-13(22)21(8-10)12-6-4-3-5-11(12)17/h3-6,9-10H,7-8H2,1-2H3,(H,18,20,23)/t10-/m1/s1. The van der Waals surface area contributed by atoms with E-state index in [0.717, 1.165) is 5.01 Å². The van der Waals surface area contributed by atoms with Crippen molar-refractivity contribution in [3.05, 3.63) is 35.1 Å². The molecule has 3 rings (SSSR count). The molecule has 2 amide bonds. The fourth-order valence-corrected chi connectivity index (χ4v) is 3.26. The highest BCUT2D eigenvalue weighted by Gasteiger charge is 2.36.